The molecule has 3 rings (SSSR count). The summed E-state index contributed by atoms with van der Waals surface area (Å²) in [6.45, 7) is 3.82. The second-order valence-corrected chi connectivity index (χ2v) is 7.19. The van der Waals surface area contributed by atoms with Crippen molar-refractivity contribution in [2.75, 3.05) is 19.7 Å². The normalized spacial score (nSPS) is 28.4. The van der Waals surface area contributed by atoms with Gasteiger partial charge in [0.2, 0.25) is 5.91 Å². The van der Waals surface area contributed by atoms with Gasteiger partial charge in [0.25, 0.3) is 0 Å². The molecule has 0 aromatic heterocycles. The van der Waals surface area contributed by atoms with Crippen LogP contribution < -0.4 is 4.74 Å². The van der Waals surface area contributed by atoms with E-state index < -0.39 is 5.97 Å². The fourth-order valence-electron chi connectivity index (χ4n) is 3.77. The Morgan fingerprint density at radius 2 is 2.08 bits per heavy atom. The van der Waals surface area contributed by atoms with Crippen LogP contribution in [0.5, 0.6) is 5.75 Å². The number of carboxylic acids is 1. The summed E-state index contributed by atoms with van der Waals surface area (Å²) < 4.78 is 12.1. The number of piperidine rings is 1. The van der Waals surface area contributed by atoms with Crippen molar-refractivity contribution in [1.29, 1.82) is 0 Å². The summed E-state index contributed by atoms with van der Waals surface area (Å²) in [4.78, 5) is 24.6. The number of para-hydroxylation sites is 1. The van der Waals surface area contributed by atoms with Gasteiger partial charge in [-0.1, -0.05) is 18.2 Å². The van der Waals surface area contributed by atoms with Crippen molar-refractivity contribution in [3.05, 3.63) is 30.3 Å². The number of hydrogen-bond acceptors (Lipinski definition) is 4. The fraction of sp³-hybridized carbons (Fsp3) is 0.579. The number of carbonyl (C=O) groups is 2. The molecule has 1 aromatic rings. The third-order valence-corrected chi connectivity index (χ3v) is 4.99. The summed E-state index contributed by atoms with van der Waals surface area (Å²) in [6.07, 6.45) is 1.75. The summed E-state index contributed by atoms with van der Waals surface area (Å²) in [7, 11) is 0. The van der Waals surface area contributed by atoms with E-state index in [0.717, 1.165) is 18.6 Å². The number of aliphatic carboxylic acids is 1. The Hall–Kier alpha value is -2.08. The quantitative estimate of drug-likeness (QED) is 0.855. The minimum absolute atomic E-state index is 0.0714. The van der Waals surface area contributed by atoms with Gasteiger partial charge >= 0.3 is 5.97 Å². The van der Waals surface area contributed by atoms with E-state index in [1.54, 1.807) is 4.90 Å². The van der Waals surface area contributed by atoms with Crippen molar-refractivity contribution in [1.82, 2.24) is 4.90 Å². The molecule has 0 bridgehead atoms. The van der Waals surface area contributed by atoms with E-state index in [0.29, 0.717) is 19.7 Å². The first-order chi connectivity index (χ1) is 12.0. The number of amides is 1. The predicted octanol–water partition coefficient (Wildman–Crippen LogP) is 2.33. The van der Waals surface area contributed by atoms with Gasteiger partial charge in [-0.25, -0.2) is 0 Å². The lowest BCUT2D eigenvalue weighted by atomic mass is 9.89. The maximum Gasteiger partial charge on any atom is 0.303 e. The molecule has 1 amide bonds. The van der Waals surface area contributed by atoms with Crippen LogP contribution in [0, 0.1) is 5.92 Å². The second kappa shape index (κ2) is 7.44. The average Bonchev–Trinajstić information content (AvgIpc) is 2.94. The van der Waals surface area contributed by atoms with Gasteiger partial charge in [0.1, 0.15) is 18.0 Å². The summed E-state index contributed by atoms with van der Waals surface area (Å²) >= 11 is 0. The van der Waals surface area contributed by atoms with Crippen molar-refractivity contribution in [3.8, 4) is 5.75 Å². The molecule has 3 atom stereocenters. The summed E-state index contributed by atoms with van der Waals surface area (Å²) in [6, 6.07) is 9.68. The first-order valence-electron chi connectivity index (χ1n) is 8.80. The zero-order valence-electron chi connectivity index (χ0n) is 14.5. The highest BCUT2D eigenvalue weighted by atomic mass is 16.6. The molecule has 136 valence electrons. The van der Waals surface area contributed by atoms with Crippen molar-refractivity contribution < 1.29 is 24.2 Å². The van der Waals surface area contributed by atoms with E-state index in [4.69, 9.17) is 14.6 Å². The van der Waals surface area contributed by atoms with Crippen molar-refractivity contribution in [2.45, 2.75) is 44.3 Å². The number of ether oxygens (including phenoxy) is 2. The lowest BCUT2D eigenvalue weighted by molar-refractivity contribution is -0.142. The molecular weight excluding hydrogens is 322 g/mol. The Kier molecular flexibility index (Phi) is 5.27. The van der Waals surface area contributed by atoms with E-state index in [9.17, 15) is 9.59 Å². The standard InChI is InChI=1S/C19H25NO5/c1-19(13-24-15-5-3-2-4-6-15)11-14-12-20(10-9-16(14)25-19)17(21)7-8-18(22)23/h2-6,14,16H,7-13H2,1H3,(H,22,23)/t14-,16+,19-/m1/s1. The van der Waals surface area contributed by atoms with Gasteiger partial charge in [0, 0.05) is 25.4 Å². The van der Waals surface area contributed by atoms with Gasteiger partial charge in [-0.2, -0.15) is 0 Å². The van der Waals surface area contributed by atoms with E-state index >= 15 is 0 Å². The SMILES string of the molecule is C[C@]1(COc2ccccc2)C[C@@H]2CN(C(=O)CCC(=O)O)CC[C@@H]2O1. The maximum absolute atomic E-state index is 12.2. The zero-order valence-corrected chi connectivity index (χ0v) is 14.5. The number of rotatable bonds is 6. The molecule has 2 saturated heterocycles. The second-order valence-electron chi connectivity index (χ2n) is 7.19. The number of nitrogens with zero attached hydrogens (tertiary/aromatic N) is 1. The molecule has 6 heteroatoms. The molecule has 2 fully saturated rings. The van der Waals surface area contributed by atoms with E-state index in [1.807, 2.05) is 30.3 Å². The molecule has 0 aliphatic carbocycles. The summed E-state index contributed by atoms with van der Waals surface area (Å²) in [5, 5.41) is 8.73. The molecule has 0 spiro atoms. The van der Waals surface area contributed by atoms with Crippen LogP contribution in [0.15, 0.2) is 30.3 Å². The third-order valence-electron chi connectivity index (χ3n) is 4.99. The predicted molar refractivity (Wildman–Crippen MR) is 91.4 cm³/mol. The van der Waals surface area contributed by atoms with Gasteiger partial charge in [-0.05, 0) is 31.9 Å². The average molecular weight is 347 g/mol. The zero-order chi connectivity index (χ0) is 17.9. The molecule has 25 heavy (non-hydrogen) atoms. The Morgan fingerprint density at radius 3 is 2.80 bits per heavy atom. The first kappa shape index (κ1) is 17.7. The van der Waals surface area contributed by atoms with Crippen molar-refractivity contribution in [3.63, 3.8) is 0 Å². The van der Waals surface area contributed by atoms with Gasteiger partial charge in [-0.3, -0.25) is 9.59 Å². The van der Waals surface area contributed by atoms with Gasteiger partial charge < -0.3 is 19.5 Å². The molecule has 2 aliphatic heterocycles. The Bertz CT molecular complexity index is 620. The molecule has 0 saturated carbocycles. The molecule has 2 heterocycles. The number of carbonyl (C=O) groups excluding carboxylic acids is 1. The first-order valence-corrected chi connectivity index (χ1v) is 8.80. The van der Waals surface area contributed by atoms with E-state index in [2.05, 4.69) is 6.92 Å². The van der Waals surface area contributed by atoms with Crippen molar-refractivity contribution >= 4 is 11.9 Å². The monoisotopic (exact) mass is 347 g/mol. The molecule has 1 N–H and O–H groups in total. The topological polar surface area (TPSA) is 76.1 Å². The van der Waals surface area contributed by atoms with E-state index in [1.165, 1.54) is 0 Å². The minimum Gasteiger partial charge on any atom is -0.491 e. The smallest absolute Gasteiger partial charge is 0.303 e. The lowest BCUT2D eigenvalue weighted by Gasteiger charge is -2.34. The molecule has 6 nitrogen and oxygen atoms in total. The van der Waals surface area contributed by atoms with Crippen LogP contribution in [0.4, 0.5) is 0 Å². The fourth-order valence-corrected chi connectivity index (χ4v) is 3.77. The molecule has 2 aliphatic rings. The van der Waals surface area contributed by atoms with E-state index in [-0.39, 0.29) is 36.4 Å². The molecule has 0 unspecified atom stereocenters. The highest BCUT2D eigenvalue weighted by Gasteiger charge is 2.46. The van der Waals surface area contributed by atoms with Crippen LogP contribution in [-0.2, 0) is 14.3 Å². The number of hydrogen-bond donors (Lipinski definition) is 1. The molecule has 0 radical (unpaired) electrons. The van der Waals surface area contributed by atoms with Gasteiger partial charge in [-0.15, -0.1) is 0 Å². The highest BCUT2D eigenvalue weighted by molar-refractivity contribution is 5.80. The number of benzene rings is 1. The van der Waals surface area contributed by atoms with Crippen LogP contribution in [0.2, 0.25) is 0 Å². The van der Waals surface area contributed by atoms with Crippen LogP contribution in [-0.4, -0.2) is 53.3 Å². The molecule has 1 aromatic carbocycles. The lowest BCUT2D eigenvalue weighted by Crippen LogP contribution is -2.44. The van der Waals surface area contributed by atoms with Crippen LogP contribution in [0.1, 0.15) is 32.6 Å². The van der Waals surface area contributed by atoms with Crippen LogP contribution in [0.25, 0.3) is 0 Å². The van der Waals surface area contributed by atoms with Gasteiger partial charge in [0.15, 0.2) is 0 Å². The Labute approximate surface area is 147 Å². The Morgan fingerprint density at radius 1 is 1.32 bits per heavy atom. The third kappa shape index (κ3) is 4.51. The van der Waals surface area contributed by atoms with Gasteiger partial charge in [0.05, 0.1) is 12.5 Å². The highest BCUT2D eigenvalue weighted by Crippen LogP contribution is 2.39. The summed E-state index contributed by atoms with van der Waals surface area (Å²) in [5.41, 5.74) is -0.356. The largest absolute Gasteiger partial charge is 0.491 e. The van der Waals surface area contributed by atoms with Crippen LogP contribution in [0.3, 0.4) is 0 Å². The van der Waals surface area contributed by atoms with Crippen LogP contribution >= 0.6 is 0 Å². The maximum atomic E-state index is 12.2. The van der Waals surface area contributed by atoms with Crippen molar-refractivity contribution in [2.24, 2.45) is 5.92 Å². The number of carboxylic acid groups (broad SMARTS) is 1. The number of fused-ring (bicyclic) bond motifs is 1. The molecular formula is C19H25NO5. The summed E-state index contributed by atoms with van der Waals surface area (Å²) in [5.74, 6) is 0.104. The minimum atomic E-state index is -0.932. The number of likely N-dealkylation sites (tertiary alicyclic amines) is 1. The Balaban J connectivity index is 1.52.